The molecule has 23 heavy (non-hydrogen) atoms. The molecule has 4 nitrogen and oxygen atoms in total. The number of carbonyl (C=O) groups excluding carboxylic acids is 2. The lowest BCUT2D eigenvalue weighted by Crippen LogP contribution is -2.45. The Kier molecular flexibility index (Phi) is 5.49. The second-order valence-corrected chi connectivity index (χ2v) is 7.44. The molecule has 1 aliphatic carbocycles. The summed E-state index contributed by atoms with van der Waals surface area (Å²) in [4.78, 5) is 25.0. The van der Waals surface area contributed by atoms with Crippen LogP contribution in [0.5, 0.6) is 0 Å². The van der Waals surface area contributed by atoms with E-state index >= 15 is 0 Å². The fourth-order valence-corrected chi connectivity index (χ4v) is 4.04. The highest BCUT2D eigenvalue weighted by molar-refractivity contribution is 9.10. The second kappa shape index (κ2) is 7.58. The maximum Gasteiger partial charge on any atom is 0.237 e. The first-order valence-corrected chi connectivity index (χ1v) is 9.27. The minimum Gasteiger partial charge on any atom is -0.352 e. The maximum absolute atomic E-state index is 12.6. The molecule has 2 unspecified atom stereocenters. The van der Waals surface area contributed by atoms with Crippen molar-refractivity contribution in [3.8, 4) is 0 Å². The second-order valence-electron chi connectivity index (χ2n) is 6.58. The van der Waals surface area contributed by atoms with E-state index in [1.165, 1.54) is 19.3 Å². The average Bonchev–Trinajstić information content (AvgIpc) is 3.06. The first-order valence-electron chi connectivity index (χ1n) is 8.47. The molecule has 1 aromatic carbocycles. The topological polar surface area (TPSA) is 58.2 Å². The Labute approximate surface area is 145 Å². The summed E-state index contributed by atoms with van der Waals surface area (Å²) in [5, 5.41) is 6.37. The van der Waals surface area contributed by atoms with Gasteiger partial charge in [0, 0.05) is 28.5 Å². The van der Waals surface area contributed by atoms with Gasteiger partial charge in [0.25, 0.3) is 0 Å². The predicted octanol–water partition coefficient (Wildman–Crippen LogP) is 3.06. The molecule has 3 rings (SSSR count). The van der Waals surface area contributed by atoms with Crippen LogP contribution >= 0.6 is 15.9 Å². The highest BCUT2D eigenvalue weighted by Gasteiger charge is 2.35. The number of hydrogen-bond acceptors (Lipinski definition) is 3. The maximum atomic E-state index is 12.6. The van der Waals surface area contributed by atoms with Gasteiger partial charge in [-0.2, -0.15) is 0 Å². The SMILES string of the molecule is O=C(c1ccccc1Br)C1CNC(C(=O)NC2CCCCC2)C1. The van der Waals surface area contributed by atoms with E-state index in [1.54, 1.807) is 0 Å². The molecule has 1 amide bonds. The van der Waals surface area contributed by atoms with Crippen molar-refractivity contribution >= 4 is 27.6 Å². The van der Waals surface area contributed by atoms with Gasteiger partial charge in [-0.1, -0.05) is 53.4 Å². The molecule has 1 saturated heterocycles. The molecule has 2 aliphatic rings. The monoisotopic (exact) mass is 378 g/mol. The zero-order chi connectivity index (χ0) is 16.2. The van der Waals surface area contributed by atoms with Crippen LogP contribution in [0.2, 0.25) is 0 Å². The summed E-state index contributed by atoms with van der Waals surface area (Å²) in [7, 11) is 0. The molecule has 1 aromatic rings. The van der Waals surface area contributed by atoms with Gasteiger partial charge in [0.2, 0.25) is 5.91 Å². The lowest BCUT2D eigenvalue weighted by molar-refractivity contribution is -0.123. The largest absolute Gasteiger partial charge is 0.352 e. The number of carbonyl (C=O) groups is 2. The third-order valence-electron chi connectivity index (χ3n) is 4.91. The smallest absolute Gasteiger partial charge is 0.237 e. The normalized spacial score (nSPS) is 25.3. The predicted molar refractivity (Wildman–Crippen MR) is 93.4 cm³/mol. The molecule has 1 aliphatic heterocycles. The van der Waals surface area contributed by atoms with Crippen molar-refractivity contribution in [2.75, 3.05) is 6.54 Å². The van der Waals surface area contributed by atoms with Crippen LogP contribution in [-0.4, -0.2) is 30.3 Å². The molecule has 124 valence electrons. The molecule has 2 N–H and O–H groups in total. The highest BCUT2D eigenvalue weighted by Crippen LogP contribution is 2.25. The molecular formula is C18H23BrN2O2. The van der Waals surface area contributed by atoms with Gasteiger partial charge in [0.05, 0.1) is 6.04 Å². The summed E-state index contributed by atoms with van der Waals surface area (Å²) in [6.45, 7) is 0.572. The Balaban J connectivity index is 1.56. The average molecular weight is 379 g/mol. The van der Waals surface area contributed by atoms with Gasteiger partial charge in [0.15, 0.2) is 5.78 Å². The summed E-state index contributed by atoms with van der Waals surface area (Å²) in [5.74, 6) is 0.0353. The van der Waals surface area contributed by atoms with E-state index < -0.39 is 0 Å². The summed E-state index contributed by atoms with van der Waals surface area (Å²) in [5.41, 5.74) is 0.702. The van der Waals surface area contributed by atoms with Crippen molar-refractivity contribution in [3.05, 3.63) is 34.3 Å². The van der Waals surface area contributed by atoms with Crippen LogP contribution < -0.4 is 10.6 Å². The molecule has 0 bridgehead atoms. The van der Waals surface area contributed by atoms with Crippen molar-refractivity contribution in [3.63, 3.8) is 0 Å². The fraction of sp³-hybridized carbons (Fsp3) is 0.556. The standard InChI is InChI=1S/C18H23BrN2O2/c19-15-9-5-4-8-14(15)17(22)12-10-16(20-11-12)18(23)21-13-6-2-1-3-7-13/h4-5,8-9,12-13,16,20H,1-3,6-7,10-11H2,(H,21,23). The van der Waals surface area contributed by atoms with Crippen molar-refractivity contribution < 1.29 is 9.59 Å². The first-order chi connectivity index (χ1) is 11.1. The van der Waals surface area contributed by atoms with Gasteiger partial charge >= 0.3 is 0 Å². The Bertz CT molecular complexity index is 584. The van der Waals surface area contributed by atoms with Crippen LogP contribution in [-0.2, 0) is 4.79 Å². The van der Waals surface area contributed by atoms with Gasteiger partial charge in [-0.15, -0.1) is 0 Å². The number of nitrogens with one attached hydrogen (secondary N) is 2. The molecule has 0 spiro atoms. The highest BCUT2D eigenvalue weighted by atomic mass is 79.9. The van der Waals surface area contributed by atoms with E-state index in [1.807, 2.05) is 24.3 Å². The van der Waals surface area contributed by atoms with E-state index in [0.29, 0.717) is 24.6 Å². The molecule has 2 atom stereocenters. The van der Waals surface area contributed by atoms with Crippen molar-refractivity contribution in [2.45, 2.75) is 50.6 Å². The van der Waals surface area contributed by atoms with Crippen LogP contribution in [0, 0.1) is 5.92 Å². The summed E-state index contributed by atoms with van der Waals surface area (Å²) < 4.78 is 0.820. The van der Waals surface area contributed by atoms with Gasteiger partial charge in [-0.25, -0.2) is 0 Å². The minimum absolute atomic E-state index is 0.0549. The van der Waals surface area contributed by atoms with E-state index in [9.17, 15) is 9.59 Å². The van der Waals surface area contributed by atoms with E-state index in [-0.39, 0.29) is 23.7 Å². The number of hydrogen-bond donors (Lipinski definition) is 2. The van der Waals surface area contributed by atoms with E-state index in [2.05, 4.69) is 26.6 Å². The third kappa shape index (κ3) is 4.01. The first kappa shape index (κ1) is 16.7. The summed E-state index contributed by atoms with van der Waals surface area (Å²) in [6.07, 6.45) is 6.42. The van der Waals surface area contributed by atoms with Crippen LogP contribution in [0.3, 0.4) is 0 Å². The number of rotatable bonds is 4. The molecule has 1 saturated carbocycles. The molecule has 0 aromatic heterocycles. The van der Waals surface area contributed by atoms with Gasteiger partial charge in [0.1, 0.15) is 0 Å². The van der Waals surface area contributed by atoms with Crippen LogP contribution in [0.25, 0.3) is 0 Å². The lowest BCUT2D eigenvalue weighted by atomic mass is 9.93. The number of benzene rings is 1. The molecule has 0 radical (unpaired) electrons. The van der Waals surface area contributed by atoms with Crippen LogP contribution in [0.15, 0.2) is 28.7 Å². The molecule has 5 heteroatoms. The minimum atomic E-state index is -0.242. The zero-order valence-corrected chi connectivity index (χ0v) is 14.8. The Morgan fingerprint density at radius 1 is 1.13 bits per heavy atom. The quantitative estimate of drug-likeness (QED) is 0.791. The number of Topliss-reactive ketones (excluding diaryl/α,β-unsaturated/α-hetero) is 1. The Morgan fingerprint density at radius 2 is 1.87 bits per heavy atom. The zero-order valence-electron chi connectivity index (χ0n) is 13.2. The Hall–Kier alpha value is -1.20. The van der Waals surface area contributed by atoms with Crippen molar-refractivity contribution in [1.82, 2.24) is 10.6 Å². The van der Waals surface area contributed by atoms with Gasteiger partial charge in [-0.05, 0) is 25.3 Å². The molecular weight excluding hydrogens is 356 g/mol. The molecule has 2 fully saturated rings. The fourth-order valence-electron chi connectivity index (χ4n) is 3.56. The molecule has 1 heterocycles. The number of ketones is 1. The number of amides is 1. The van der Waals surface area contributed by atoms with E-state index in [4.69, 9.17) is 0 Å². The summed E-state index contributed by atoms with van der Waals surface area (Å²) >= 11 is 3.43. The lowest BCUT2D eigenvalue weighted by Gasteiger charge is -2.24. The van der Waals surface area contributed by atoms with E-state index in [0.717, 1.165) is 17.3 Å². The summed E-state index contributed by atoms with van der Waals surface area (Å²) in [6, 6.07) is 7.55. The Morgan fingerprint density at radius 3 is 2.61 bits per heavy atom. The third-order valence-corrected chi connectivity index (χ3v) is 5.60. The van der Waals surface area contributed by atoms with Gasteiger partial charge in [-0.3, -0.25) is 9.59 Å². The van der Waals surface area contributed by atoms with Crippen molar-refractivity contribution in [2.24, 2.45) is 5.92 Å². The number of halogens is 1. The van der Waals surface area contributed by atoms with Crippen LogP contribution in [0.1, 0.15) is 48.9 Å². The van der Waals surface area contributed by atoms with Crippen molar-refractivity contribution in [1.29, 1.82) is 0 Å². The van der Waals surface area contributed by atoms with Crippen LogP contribution in [0.4, 0.5) is 0 Å². The van der Waals surface area contributed by atoms with Gasteiger partial charge < -0.3 is 10.6 Å².